The molecule has 0 bridgehead atoms. The summed E-state index contributed by atoms with van der Waals surface area (Å²) in [6, 6.07) is 36.1. The average molecular weight is 483 g/mol. The molecule has 0 spiro atoms. The Hall–Kier alpha value is -2.26. The van der Waals surface area contributed by atoms with Gasteiger partial charge in [0, 0.05) is 0 Å². The molecule has 0 nitrogen and oxygen atoms in total. The highest BCUT2D eigenvalue weighted by Crippen LogP contribution is 2.40. The number of benzene rings is 4. The van der Waals surface area contributed by atoms with Crippen LogP contribution in [-0.2, 0) is 0 Å². The van der Waals surface area contributed by atoms with Crippen molar-refractivity contribution < 1.29 is 0 Å². The predicted molar refractivity (Wildman–Crippen MR) is 156 cm³/mol. The first-order valence-electron chi connectivity index (χ1n) is 12.3. The molecule has 0 aromatic heterocycles. The number of unbranched alkanes of at least 4 members (excludes halogenated alkanes) is 1. The van der Waals surface area contributed by atoms with Crippen LogP contribution >= 0.6 is 15.8 Å². The Bertz CT molecular complexity index is 1040. The number of rotatable bonds is 9. The minimum Gasteiger partial charge on any atom is -0.0620 e. The molecule has 0 aliphatic carbocycles. The van der Waals surface area contributed by atoms with Crippen molar-refractivity contribution in [3.8, 4) is 0 Å². The van der Waals surface area contributed by atoms with Crippen LogP contribution < -0.4 is 21.2 Å². The zero-order valence-electron chi connectivity index (χ0n) is 21.0. The molecule has 0 saturated heterocycles. The van der Waals surface area contributed by atoms with Gasteiger partial charge in [-0.3, -0.25) is 0 Å². The summed E-state index contributed by atoms with van der Waals surface area (Å²) < 4.78 is 0. The quantitative estimate of drug-likeness (QED) is 0.174. The molecule has 4 aromatic carbocycles. The summed E-state index contributed by atoms with van der Waals surface area (Å²) in [5, 5.41) is 6.19. The maximum Gasteiger partial charge on any atom is -0.0166 e. The molecule has 4 rings (SSSR count). The van der Waals surface area contributed by atoms with E-state index in [1.165, 1.54) is 47.4 Å². The fraction of sp³-hybridized carbons (Fsp3) is 0.250. The second-order valence-corrected chi connectivity index (χ2v) is 13.7. The number of aryl methyl sites for hydroxylation is 4. The summed E-state index contributed by atoms with van der Waals surface area (Å²) in [6.07, 6.45) is 5.06. The molecule has 0 unspecified atom stereocenters. The molecule has 0 N–H and O–H groups in total. The van der Waals surface area contributed by atoms with Crippen LogP contribution in [0.4, 0.5) is 0 Å². The SMILES string of the molecule is Cc1ccccc1P(CCCCP(c1ccccc1C)c1ccccc1C)c1ccccc1C. The Balaban J connectivity index is 1.55. The van der Waals surface area contributed by atoms with Gasteiger partial charge >= 0.3 is 0 Å². The predicted octanol–water partition coefficient (Wildman–Crippen LogP) is 7.27. The fourth-order valence-electron chi connectivity index (χ4n) is 4.75. The van der Waals surface area contributed by atoms with E-state index >= 15 is 0 Å². The normalized spacial score (nSPS) is 11.4. The highest BCUT2D eigenvalue weighted by atomic mass is 31.1. The van der Waals surface area contributed by atoms with Gasteiger partial charge in [-0.05, 0) is 112 Å². The van der Waals surface area contributed by atoms with Gasteiger partial charge in [0.15, 0.2) is 0 Å². The second-order valence-electron chi connectivity index (χ2n) is 9.16. The first-order chi connectivity index (χ1) is 16.6. The highest BCUT2D eigenvalue weighted by molar-refractivity contribution is 7.73. The van der Waals surface area contributed by atoms with E-state index in [4.69, 9.17) is 0 Å². The van der Waals surface area contributed by atoms with Crippen LogP contribution in [0.25, 0.3) is 0 Å². The van der Waals surface area contributed by atoms with Crippen LogP contribution in [0.5, 0.6) is 0 Å². The van der Waals surface area contributed by atoms with Crippen LogP contribution in [0.15, 0.2) is 97.1 Å². The lowest BCUT2D eigenvalue weighted by Crippen LogP contribution is -2.20. The molecular weight excluding hydrogens is 446 g/mol. The lowest BCUT2D eigenvalue weighted by atomic mass is 10.2. The molecule has 0 radical (unpaired) electrons. The summed E-state index contributed by atoms with van der Waals surface area (Å²) in [4.78, 5) is 0. The van der Waals surface area contributed by atoms with Gasteiger partial charge in [-0.25, -0.2) is 0 Å². The molecule has 0 aliphatic heterocycles. The van der Waals surface area contributed by atoms with E-state index in [2.05, 4.69) is 125 Å². The summed E-state index contributed by atoms with van der Waals surface area (Å²) in [6.45, 7) is 9.11. The highest BCUT2D eigenvalue weighted by Gasteiger charge is 2.20. The monoisotopic (exact) mass is 482 g/mol. The lowest BCUT2D eigenvalue weighted by Gasteiger charge is -2.24. The van der Waals surface area contributed by atoms with E-state index in [0.717, 1.165) is 0 Å². The molecule has 0 aliphatic rings. The first kappa shape index (κ1) is 24.9. The summed E-state index contributed by atoms with van der Waals surface area (Å²) in [5.41, 5.74) is 5.72. The Morgan fingerprint density at radius 1 is 0.382 bits per heavy atom. The maximum atomic E-state index is 2.36. The van der Waals surface area contributed by atoms with Gasteiger partial charge < -0.3 is 0 Å². The van der Waals surface area contributed by atoms with E-state index in [9.17, 15) is 0 Å². The largest absolute Gasteiger partial charge is 0.0620 e. The number of hydrogen-bond acceptors (Lipinski definition) is 0. The number of hydrogen-bond donors (Lipinski definition) is 0. The van der Waals surface area contributed by atoms with E-state index in [1.54, 1.807) is 21.2 Å². The van der Waals surface area contributed by atoms with Gasteiger partial charge in [-0.1, -0.05) is 97.1 Å². The lowest BCUT2D eigenvalue weighted by molar-refractivity contribution is 0.901. The van der Waals surface area contributed by atoms with Crippen molar-refractivity contribution in [1.82, 2.24) is 0 Å². The molecule has 0 atom stereocenters. The van der Waals surface area contributed by atoms with Crippen LogP contribution in [-0.4, -0.2) is 12.3 Å². The van der Waals surface area contributed by atoms with E-state index in [1.807, 2.05) is 0 Å². The Morgan fingerprint density at radius 2 is 0.618 bits per heavy atom. The standard InChI is InChI=1S/C32H36P2/c1-25-15-5-9-19-29(25)33(30-20-10-6-16-26(30)2)23-13-14-24-34(31-21-11-7-17-27(31)3)32-22-12-8-18-28(32)4/h5-12,15-22H,13-14,23-24H2,1-4H3. The zero-order chi connectivity index (χ0) is 23.9. The molecule has 0 heterocycles. The van der Waals surface area contributed by atoms with Crippen molar-refractivity contribution in [2.24, 2.45) is 0 Å². The van der Waals surface area contributed by atoms with Crippen molar-refractivity contribution in [2.75, 3.05) is 12.3 Å². The Labute approximate surface area is 209 Å². The van der Waals surface area contributed by atoms with Crippen molar-refractivity contribution >= 4 is 37.1 Å². The third-order valence-electron chi connectivity index (χ3n) is 6.64. The summed E-state index contributed by atoms with van der Waals surface area (Å²) >= 11 is 0. The molecular formula is C32H36P2. The molecule has 2 heteroatoms. The summed E-state index contributed by atoms with van der Waals surface area (Å²) in [5.74, 6) is 0. The van der Waals surface area contributed by atoms with Crippen LogP contribution in [0.3, 0.4) is 0 Å². The van der Waals surface area contributed by atoms with E-state index in [-0.39, 0.29) is 15.8 Å². The van der Waals surface area contributed by atoms with Gasteiger partial charge in [-0.15, -0.1) is 0 Å². The van der Waals surface area contributed by atoms with Gasteiger partial charge in [-0.2, -0.15) is 0 Å². The Kier molecular flexibility index (Phi) is 8.72. The average Bonchev–Trinajstić information content (AvgIpc) is 2.84. The van der Waals surface area contributed by atoms with Crippen molar-refractivity contribution in [2.45, 2.75) is 40.5 Å². The third kappa shape index (κ3) is 5.86. The summed E-state index contributed by atoms with van der Waals surface area (Å²) in [7, 11) is -0.674. The minimum atomic E-state index is -0.337. The van der Waals surface area contributed by atoms with Crippen LogP contribution in [0.1, 0.15) is 35.1 Å². The van der Waals surface area contributed by atoms with Crippen molar-refractivity contribution in [3.05, 3.63) is 119 Å². The molecule has 4 aromatic rings. The molecule has 0 amide bonds. The molecule has 0 saturated carbocycles. The van der Waals surface area contributed by atoms with Gasteiger partial charge in [0.1, 0.15) is 0 Å². The minimum absolute atomic E-state index is 0.337. The van der Waals surface area contributed by atoms with E-state index < -0.39 is 0 Å². The fourth-order valence-corrected chi connectivity index (χ4v) is 10.4. The maximum absolute atomic E-state index is 2.36. The second kappa shape index (κ2) is 11.9. The van der Waals surface area contributed by atoms with Crippen LogP contribution in [0.2, 0.25) is 0 Å². The van der Waals surface area contributed by atoms with Gasteiger partial charge in [0.05, 0.1) is 0 Å². The smallest absolute Gasteiger partial charge is 0.0166 e. The van der Waals surface area contributed by atoms with Crippen molar-refractivity contribution in [3.63, 3.8) is 0 Å². The first-order valence-corrected chi connectivity index (χ1v) is 15.4. The third-order valence-corrected chi connectivity index (χ3v) is 12.5. The van der Waals surface area contributed by atoms with Gasteiger partial charge in [0.2, 0.25) is 0 Å². The Morgan fingerprint density at radius 3 is 0.853 bits per heavy atom. The van der Waals surface area contributed by atoms with Gasteiger partial charge in [0.25, 0.3) is 0 Å². The topological polar surface area (TPSA) is 0 Å². The van der Waals surface area contributed by atoms with Crippen LogP contribution in [0, 0.1) is 27.7 Å². The molecule has 34 heavy (non-hydrogen) atoms. The zero-order valence-corrected chi connectivity index (χ0v) is 22.7. The van der Waals surface area contributed by atoms with Crippen molar-refractivity contribution in [1.29, 1.82) is 0 Å². The molecule has 174 valence electrons. The molecule has 0 fully saturated rings. The van der Waals surface area contributed by atoms with E-state index in [0.29, 0.717) is 0 Å².